The Morgan fingerprint density at radius 2 is 2.33 bits per heavy atom. The van der Waals surface area contributed by atoms with Crippen molar-refractivity contribution in [2.75, 3.05) is 0 Å². The van der Waals surface area contributed by atoms with Gasteiger partial charge in [0.1, 0.15) is 5.82 Å². The van der Waals surface area contributed by atoms with Crippen LogP contribution in [0.5, 0.6) is 0 Å². The zero-order valence-electron chi connectivity index (χ0n) is 6.04. The van der Waals surface area contributed by atoms with Gasteiger partial charge in [0.25, 0.3) is 0 Å². The van der Waals surface area contributed by atoms with Crippen molar-refractivity contribution in [2.45, 2.75) is 6.54 Å². The van der Waals surface area contributed by atoms with Crippen molar-refractivity contribution >= 4 is 15.9 Å². The Morgan fingerprint density at radius 1 is 1.58 bits per heavy atom. The lowest BCUT2D eigenvalue weighted by Crippen LogP contribution is -1.86. The first-order chi connectivity index (χ1) is 5.74. The van der Waals surface area contributed by atoms with E-state index in [1.807, 2.05) is 0 Å². The van der Waals surface area contributed by atoms with E-state index in [1.165, 1.54) is 6.07 Å². The molecule has 1 aromatic carbocycles. The quantitative estimate of drug-likeness (QED) is 0.424. The van der Waals surface area contributed by atoms with E-state index < -0.39 is 0 Å². The second-order valence-corrected chi connectivity index (χ2v) is 3.04. The summed E-state index contributed by atoms with van der Waals surface area (Å²) >= 11 is 3.19. The Morgan fingerprint density at radius 3 is 3.00 bits per heavy atom. The molecule has 0 aliphatic carbocycles. The minimum Gasteiger partial charge on any atom is -0.207 e. The second kappa shape index (κ2) is 4.09. The lowest BCUT2D eigenvalue weighted by Gasteiger charge is -1.98. The van der Waals surface area contributed by atoms with Crippen molar-refractivity contribution in [1.29, 1.82) is 0 Å². The summed E-state index contributed by atoms with van der Waals surface area (Å²) in [6.07, 6.45) is 0. The highest BCUT2D eigenvalue weighted by molar-refractivity contribution is 9.10. The molecule has 0 heterocycles. The van der Waals surface area contributed by atoms with Gasteiger partial charge in [0, 0.05) is 9.38 Å². The maximum Gasteiger partial charge on any atom is 0.126 e. The predicted molar refractivity (Wildman–Crippen MR) is 47.0 cm³/mol. The normalized spacial score (nSPS) is 9.17. The summed E-state index contributed by atoms with van der Waals surface area (Å²) in [5.41, 5.74) is 8.40. The number of rotatable bonds is 2. The fraction of sp³-hybridized carbons (Fsp3) is 0.143. The van der Waals surface area contributed by atoms with Gasteiger partial charge < -0.3 is 0 Å². The molecule has 0 aromatic heterocycles. The molecule has 12 heavy (non-hydrogen) atoms. The van der Waals surface area contributed by atoms with Gasteiger partial charge in [0.05, 0.1) is 6.54 Å². The molecule has 62 valence electrons. The highest BCUT2D eigenvalue weighted by Crippen LogP contribution is 2.16. The van der Waals surface area contributed by atoms with Crippen LogP contribution in [0.25, 0.3) is 10.4 Å². The smallest absolute Gasteiger partial charge is 0.126 e. The highest BCUT2D eigenvalue weighted by atomic mass is 79.9. The van der Waals surface area contributed by atoms with E-state index in [-0.39, 0.29) is 12.4 Å². The van der Waals surface area contributed by atoms with E-state index in [2.05, 4.69) is 26.0 Å². The molecule has 1 rings (SSSR count). The average Bonchev–Trinajstić information content (AvgIpc) is 2.07. The maximum absolute atomic E-state index is 12.9. The van der Waals surface area contributed by atoms with Gasteiger partial charge in [-0.05, 0) is 29.3 Å². The van der Waals surface area contributed by atoms with E-state index in [1.54, 1.807) is 12.1 Å². The van der Waals surface area contributed by atoms with Crippen LogP contribution in [0.1, 0.15) is 5.56 Å². The maximum atomic E-state index is 12.9. The van der Waals surface area contributed by atoms with Crippen LogP contribution in [0.2, 0.25) is 0 Å². The molecule has 0 radical (unpaired) electrons. The number of azide groups is 1. The Kier molecular flexibility index (Phi) is 3.08. The molecule has 0 aliphatic heterocycles. The Bertz CT molecular complexity index is 333. The van der Waals surface area contributed by atoms with Gasteiger partial charge >= 0.3 is 0 Å². The fourth-order valence-corrected chi connectivity index (χ4v) is 1.18. The molecular weight excluding hydrogens is 225 g/mol. The molecule has 0 spiro atoms. The topological polar surface area (TPSA) is 48.8 Å². The third kappa shape index (κ3) is 2.22. The summed E-state index contributed by atoms with van der Waals surface area (Å²) in [5, 5.41) is 3.26. The first-order valence-corrected chi connectivity index (χ1v) is 3.98. The lowest BCUT2D eigenvalue weighted by atomic mass is 10.2. The highest BCUT2D eigenvalue weighted by Gasteiger charge is 2.00. The van der Waals surface area contributed by atoms with Gasteiger partial charge in [-0.25, -0.2) is 4.39 Å². The van der Waals surface area contributed by atoms with Crippen LogP contribution < -0.4 is 0 Å². The average molecular weight is 230 g/mol. The van der Waals surface area contributed by atoms with Crippen LogP contribution >= 0.6 is 15.9 Å². The summed E-state index contributed by atoms with van der Waals surface area (Å²) in [6, 6.07) is 4.51. The molecule has 0 fully saturated rings. The second-order valence-electron chi connectivity index (χ2n) is 2.12. The van der Waals surface area contributed by atoms with E-state index in [0.717, 1.165) is 4.47 Å². The Hall–Kier alpha value is -1.06. The largest absolute Gasteiger partial charge is 0.207 e. The Labute approximate surface area is 77.0 Å². The lowest BCUT2D eigenvalue weighted by molar-refractivity contribution is 0.610. The van der Waals surface area contributed by atoms with E-state index in [0.29, 0.717) is 5.56 Å². The minimum absolute atomic E-state index is 0.0434. The van der Waals surface area contributed by atoms with Gasteiger partial charge in [-0.1, -0.05) is 21.0 Å². The van der Waals surface area contributed by atoms with Crippen LogP contribution in [-0.2, 0) is 6.54 Å². The van der Waals surface area contributed by atoms with Crippen LogP contribution in [0, 0.1) is 5.82 Å². The summed E-state index contributed by atoms with van der Waals surface area (Å²) in [5.74, 6) is -0.356. The van der Waals surface area contributed by atoms with Crippen LogP contribution in [0.4, 0.5) is 4.39 Å². The summed E-state index contributed by atoms with van der Waals surface area (Å²) < 4.78 is 13.7. The van der Waals surface area contributed by atoms with Crippen molar-refractivity contribution in [2.24, 2.45) is 5.11 Å². The molecule has 1 aromatic rings. The molecule has 0 saturated carbocycles. The summed E-state index contributed by atoms with van der Waals surface area (Å²) in [4.78, 5) is 2.54. The zero-order valence-corrected chi connectivity index (χ0v) is 7.62. The van der Waals surface area contributed by atoms with Crippen molar-refractivity contribution in [3.8, 4) is 0 Å². The predicted octanol–water partition coefficient (Wildman–Crippen LogP) is 3.40. The van der Waals surface area contributed by atoms with Gasteiger partial charge in [-0.15, -0.1) is 0 Å². The molecule has 0 N–H and O–H groups in total. The van der Waals surface area contributed by atoms with Crippen molar-refractivity contribution in [3.63, 3.8) is 0 Å². The van der Waals surface area contributed by atoms with Crippen molar-refractivity contribution in [3.05, 3.63) is 44.5 Å². The molecule has 0 amide bonds. The standard InChI is InChI=1S/C7H5BrFN3/c8-6-1-2-7(9)5(3-6)4-11-12-10/h1-3H,4H2. The van der Waals surface area contributed by atoms with Crippen LogP contribution in [0.15, 0.2) is 27.8 Å². The number of hydrogen-bond donors (Lipinski definition) is 0. The van der Waals surface area contributed by atoms with Gasteiger partial charge in [-0.3, -0.25) is 0 Å². The fourth-order valence-electron chi connectivity index (χ4n) is 0.772. The molecule has 3 nitrogen and oxygen atoms in total. The number of nitrogens with zero attached hydrogens (tertiary/aromatic N) is 3. The van der Waals surface area contributed by atoms with Crippen molar-refractivity contribution < 1.29 is 4.39 Å². The van der Waals surface area contributed by atoms with Crippen LogP contribution in [-0.4, -0.2) is 0 Å². The number of hydrogen-bond acceptors (Lipinski definition) is 1. The van der Waals surface area contributed by atoms with Crippen molar-refractivity contribution in [1.82, 2.24) is 0 Å². The molecule has 0 unspecified atom stereocenters. The molecule has 0 aliphatic rings. The molecule has 0 saturated heterocycles. The monoisotopic (exact) mass is 229 g/mol. The Balaban J connectivity index is 2.96. The van der Waals surface area contributed by atoms with Gasteiger partial charge in [0.2, 0.25) is 0 Å². The van der Waals surface area contributed by atoms with E-state index in [9.17, 15) is 4.39 Å². The third-order valence-electron chi connectivity index (χ3n) is 1.31. The molecular formula is C7H5BrFN3. The number of benzene rings is 1. The first-order valence-electron chi connectivity index (χ1n) is 3.19. The van der Waals surface area contributed by atoms with E-state index in [4.69, 9.17) is 5.53 Å². The minimum atomic E-state index is -0.356. The van der Waals surface area contributed by atoms with Gasteiger partial charge in [-0.2, -0.15) is 0 Å². The number of halogens is 2. The SMILES string of the molecule is [N-]=[N+]=NCc1cc(Br)ccc1F. The molecule has 0 bridgehead atoms. The first kappa shape index (κ1) is 9.03. The third-order valence-corrected chi connectivity index (χ3v) is 1.81. The zero-order chi connectivity index (χ0) is 8.97. The summed E-state index contributed by atoms with van der Waals surface area (Å²) in [6.45, 7) is 0.0434. The molecule has 5 heteroatoms. The van der Waals surface area contributed by atoms with Gasteiger partial charge in [0.15, 0.2) is 0 Å². The molecule has 0 atom stereocenters. The van der Waals surface area contributed by atoms with E-state index >= 15 is 0 Å². The summed E-state index contributed by atoms with van der Waals surface area (Å²) in [7, 11) is 0. The van der Waals surface area contributed by atoms with Crippen LogP contribution in [0.3, 0.4) is 0 Å².